The molecule has 0 heterocycles. The minimum atomic E-state index is -0.803. The van der Waals surface area contributed by atoms with Gasteiger partial charge in [-0.25, -0.2) is 0 Å². The third kappa shape index (κ3) is 64.8. The highest BCUT2D eigenvalue weighted by Crippen LogP contribution is 2.16. The molecule has 0 N–H and O–H groups in total. The van der Waals surface area contributed by atoms with E-state index < -0.39 is 6.10 Å². The molecule has 1 unspecified atom stereocenters. The first-order valence-electron chi connectivity index (χ1n) is 33.4. The van der Waals surface area contributed by atoms with E-state index in [2.05, 4.69) is 130 Å². The third-order valence-corrected chi connectivity index (χ3v) is 14.3. The van der Waals surface area contributed by atoms with Gasteiger partial charge >= 0.3 is 17.9 Å². The van der Waals surface area contributed by atoms with Crippen LogP contribution in [0.5, 0.6) is 0 Å². The molecule has 6 nitrogen and oxygen atoms in total. The Balaban J connectivity index is 4.36. The van der Waals surface area contributed by atoms with E-state index in [9.17, 15) is 14.4 Å². The highest BCUT2D eigenvalue weighted by Gasteiger charge is 2.19. The van der Waals surface area contributed by atoms with Gasteiger partial charge in [-0.3, -0.25) is 14.4 Å². The Morgan fingerprint density at radius 3 is 0.797 bits per heavy atom. The Hall–Kier alpha value is -3.93. The van der Waals surface area contributed by atoms with Gasteiger partial charge in [-0.15, -0.1) is 0 Å². The highest BCUT2D eigenvalue weighted by molar-refractivity contribution is 5.71. The van der Waals surface area contributed by atoms with E-state index in [0.717, 1.165) is 103 Å². The second-order valence-electron chi connectivity index (χ2n) is 22.0. The molecule has 0 aromatic carbocycles. The quantitative estimate of drug-likeness (QED) is 0.0261. The molecular formula is C73H124O6. The van der Waals surface area contributed by atoms with Crippen molar-refractivity contribution in [2.75, 3.05) is 13.2 Å². The lowest BCUT2D eigenvalue weighted by Crippen LogP contribution is -2.30. The van der Waals surface area contributed by atoms with Crippen LogP contribution in [0.2, 0.25) is 0 Å². The molecule has 0 aliphatic rings. The first-order chi connectivity index (χ1) is 39.0. The zero-order chi connectivity index (χ0) is 57.1. The maximum absolute atomic E-state index is 12.9. The lowest BCUT2D eigenvalue weighted by atomic mass is 10.0. The second-order valence-corrected chi connectivity index (χ2v) is 22.0. The molecule has 0 radical (unpaired) electrons. The van der Waals surface area contributed by atoms with E-state index in [1.54, 1.807) is 0 Å². The predicted octanol–water partition coefficient (Wildman–Crippen LogP) is 23.0. The van der Waals surface area contributed by atoms with Crippen molar-refractivity contribution < 1.29 is 28.6 Å². The third-order valence-electron chi connectivity index (χ3n) is 14.3. The van der Waals surface area contributed by atoms with Gasteiger partial charge < -0.3 is 14.2 Å². The van der Waals surface area contributed by atoms with Gasteiger partial charge in [0.2, 0.25) is 0 Å². The summed E-state index contributed by atoms with van der Waals surface area (Å²) in [4.78, 5) is 38.3. The van der Waals surface area contributed by atoms with E-state index in [4.69, 9.17) is 14.2 Å². The number of ether oxygens (including phenoxy) is 3. The largest absolute Gasteiger partial charge is 0.462 e. The summed E-state index contributed by atoms with van der Waals surface area (Å²) in [7, 11) is 0. The fourth-order valence-corrected chi connectivity index (χ4v) is 9.28. The van der Waals surface area contributed by atoms with Crippen LogP contribution in [0, 0.1) is 0 Å². The van der Waals surface area contributed by atoms with Crippen LogP contribution in [-0.2, 0) is 28.6 Å². The van der Waals surface area contributed by atoms with Crippen LogP contribution in [0.15, 0.2) is 109 Å². The van der Waals surface area contributed by atoms with Crippen LogP contribution in [0.3, 0.4) is 0 Å². The fraction of sp³-hybridized carbons (Fsp3) is 0.712. The first kappa shape index (κ1) is 75.1. The normalized spacial score (nSPS) is 12.8. The minimum Gasteiger partial charge on any atom is -0.462 e. The molecule has 0 aliphatic carbocycles. The minimum absolute atomic E-state index is 0.0945. The molecule has 79 heavy (non-hydrogen) atoms. The van der Waals surface area contributed by atoms with Crippen molar-refractivity contribution in [3.05, 3.63) is 109 Å². The van der Waals surface area contributed by atoms with Crippen LogP contribution < -0.4 is 0 Å². The molecule has 0 amide bonds. The summed E-state index contributed by atoms with van der Waals surface area (Å²) in [5, 5.41) is 0. The second kappa shape index (κ2) is 66.6. The monoisotopic (exact) mass is 1100 g/mol. The fourth-order valence-electron chi connectivity index (χ4n) is 9.28. The molecule has 452 valence electrons. The number of hydrogen-bond donors (Lipinski definition) is 0. The molecule has 0 bridgehead atoms. The van der Waals surface area contributed by atoms with Crippen molar-refractivity contribution in [1.82, 2.24) is 0 Å². The van der Waals surface area contributed by atoms with Crippen molar-refractivity contribution >= 4 is 17.9 Å². The van der Waals surface area contributed by atoms with Gasteiger partial charge in [0.25, 0.3) is 0 Å². The first-order valence-corrected chi connectivity index (χ1v) is 33.4. The average Bonchev–Trinajstić information content (AvgIpc) is 3.45. The molecule has 1 atom stereocenters. The van der Waals surface area contributed by atoms with Gasteiger partial charge in [-0.1, -0.05) is 297 Å². The number of esters is 3. The van der Waals surface area contributed by atoms with Gasteiger partial charge in [-0.05, 0) is 109 Å². The standard InChI is InChI=1S/C73H124O6/c1-4-7-10-13-16-19-22-25-27-29-31-33-34-35-36-37-38-40-41-43-45-48-51-54-57-60-63-66-72(75)78-69-70(68-77-71(74)65-62-59-56-53-50-47-24-21-18-15-12-9-6-3)79-73(76)67-64-61-58-55-52-49-46-44-42-39-32-30-28-26-23-20-17-14-11-8-5-2/h8,11,17,20,22,25-26,28-29,31-32,34-35,39,44,46,52,55,70H,4-7,9-10,12-16,18-19,21,23-24,27,30,33,36-38,40-43,45,47-51,53-54,56-69H2,1-3H3/b11-8-,20-17-,25-22-,28-26-,31-29-,35-34-,39-32-,46-44-,55-52-. The number of rotatable bonds is 60. The average molecular weight is 1100 g/mol. The van der Waals surface area contributed by atoms with Gasteiger partial charge in [0.05, 0.1) is 0 Å². The van der Waals surface area contributed by atoms with Crippen molar-refractivity contribution in [3.63, 3.8) is 0 Å². The zero-order valence-corrected chi connectivity index (χ0v) is 51.9. The number of hydrogen-bond acceptors (Lipinski definition) is 6. The van der Waals surface area contributed by atoms with Crippen LogP contribution in [-0.4, -0.2) is 37.2 Å². The van der Waals surface area contributed by atoms with Crippen LogP contribution in [0.25, 0.3) is 0 Å². The topological polar surface area (TPSA) is 78.9 Å². The van der Waals surface area contributed by atoms with Crippen molar-refractivity contribution in [2.45, 2.75) is 322 Å². The lowest BCUT2D eigenvalue weighted by molar-refractivity contribution is -0.167. The zero-order valence-electron chi connectivity index (χ0n) is 51.9. The highest BCUT2D eigenvalue weighted by atomic mass is 16.6. The molecule has 0 aromatic heterocycles. The molecule has 6 heteroatoms. The lowest BCUT2D eigenvalue weighted by Gasteiger charge is -2.18. The Kier molecular flexibility index (Phi) is 63.3. The summed E-state index contributed by atoms with van der Waals surface area (Å²) >= 11 is 0. The van der Waals surface area contributed by atoms with Gasteiger partial charge in [0, 0.05) is 19.3 Å². The van der Waals surface area contributed by atoms with E-state index in [1.807, 2.05) is 0 Å². The van der Waals surface area contributed by atoms with Gasteiger partial charge in [-0.2, -0.15) is 0 Å². The Labute approximate surface area is 489 Å². The number of allylic oxidation sites excluding steroid dienone is 18. The Morgan fingerprint density at radius 2 is 0.494 bits per heavy atom. The van der Waals surface area contributed by atoms with E-state index in [1.165, 1.54) is 167 Å². The van der Waals surface area contributed by atoms with Crippen LogP contribution in [0.4, 0.5) is 0 Å². The molecule has 0 saturated carbocycles. The Morgan fingerprint density at radius 1 is 0.266 bits per heavy atom. The summed E-state index contributed by atoms with van der Waals surface area (Å²) in [5.74, 6) is -0.930. The summed E-state index contributed by atoms with van der Waals surface area (Å²) in [6.45, 7) is 6.50. The maximum Gasteiger partial charge on any atom is 0.306 e. The van der Waals surface area contributed by atoms with E-state index in [-0.39, 0.29) is 37.5 Å². The molecule has 0 aromatic rings. The molecule has 0 saturated heterocycles. The van der Waals surface area contributed by atoms with E-state index in [0.29, 0.717) is 19.3 Å². The van der Waals surface area contributed by atoms with Gasteiger partial charge in [0.1, 0.15) is 13.2 Å². The van der Waals surface area contributed by atoms with Gasteiger partial charge in [0.15, 0.2) is 6.10 Å². The molecular weight excluding hydrogens is 973 g/mol. The summed E-state index contributed by atoms with van der Waals surface area (Å²) in [6, 6.07) is 0. The summed E-state index contributed by atoms with van der Waals surface area (Å²) < 4.78 is 16.9. The van der Waals surface area contributed by atoms with Crippen molar-refractivity contribution in [3.8, 4) is 0 Å². The SMILES string of the molecule is CC/C=C\C/C=C\C/C=C\C/C=C\C/C=C\C/C=C\CCCCC(=O)OC(COC(=O)CCCCCCCCCCCCCCC)COC(=O)CCCCCCCCCCCCCC/C=C\C/C=C\C/C=C\CCCCCCC. The van der Waals surface area contributed by atoms with Crippen molar-refractivity contribution in [1.29, 1.82) is 0 Å². The summed E-state index contributed by atoms with van der Waals surface area (Å²) in [6.07, 6.45) is 91.0. The smallest absolute Gasteiger partial charge is 0.306 e. The molecule has 0 rings (SSSR count). The molecule has 0 aliphatic heterocycles. The molecule has 0 fully saturated rings. The number of carbonyl (C=O) groups excluding carboxylic acids is 3. The van der Waals surface area contributed by atoms with Crippen LogP contribution in [0.1, 0.15) is 316 Å². The van der Waals surface area contributed by atoms with Crippen LogP contribution >= 0.6 is 0 Å². The Bertz CT molecular complexity index is 1590. The number of unbranched alkanes of at least 4 members (excludes halogenated alkanes) is 31. The number of carbonyl (C=O) groups is 3. The molecule has 0 spiro atoms. The predicted molar refractivity (Wildman–Crippen MR) is 343 cm³/mol. The summed E-state index contributed by atoms with van der Waals surface area (Å²) in [5.41, 5.74) is 0. The van der Waals surface area contributed by atoms with E-state index >= 15 is 0 Å². The maximum atomic E-state index is 12.9. The van der Waals surface area contributed by atoms with Crippen molar-refractivity contribution in [2.24, 2.45) is 0 Å².